The smallest absolute Gasteiger partial charge is 0.358 e. The van der Waals surface area contributed by atoms with E-state index in [4.69, 9.17) is 4.52 Å². The quantitative estimate of drug-likeness (QED) is 0.203. The molecule has 6 rings (SSSR count). The van der Waals surface area contributed by atoms with Crippen molar-refractivity contribution < 1.29 is 26.9 Å². The number of benzene rings is 2. The van der Waals surface area contributed by atoms with Gasteiger partial charge in [-0.25, -0.2) is 14.4 Å². The molecule has 1 N–H and O–H groups in total. The van der Waals surface area contributed by atoms with Crippen molar-refractivity contribution in [1.82, 2.24) is 20.0 Å². The van der Waals surface area contributed by atoms with Crippen molar-refractivity contribution >= 4 is 11.7 Å². The lowest BCUT2D eigenvalue weighted by Gasteiger charge is -2.26. The summed E-state index contributed by atoms with van der Waals surface area (Å²) in [6, 6.07) is 14.1. The molecule has 7 nitrogen and oxygen atoms in total. The van der Waals surface area contributed by atoms with E-state index < -0.39 is 23.3 Å². The van der Waals surface area contributed by atoms with Gasteiger partial charge in [-0.2, -0.15) is 13.2 Å². The Kier molecular flexibility index (Phi) is 8.48. The summed E-state index contributed by atoms with van der Waals surface area (Å²) in [5.74, 6) is -1.05. The normalized spacial score (nSPS) is 16.5. The van der Waals surface area contributed by atoms with E-state index >= 15 is 0 Å². The fourth-order valence-corrected chi connectivity index (χ4v) is 5.66. The number of nitrogens with one attached hydrogen (secondary N) is 1. The van der Waals surface area contributed by atoms with Crippen LogP contribution in [0.1, 0.15) is 60.4 Å². The molecule has 11 heteroatoms. The van der Waals surface area contributed by atoms with Gasteiger partial charge in [0.05, 0.1) is 6.42 Å². The molecule has 2 aromatic carbocycles. The topological polar surface area (TPSA) is 84.2 Å². The molecule has 0 atom stereocenters. The Balaban J connectivity index is 1.01. The number of amides is 1. The summed E-state index contributed by atoms with van der Waals surface area (Å²) in [6.45, 7) is 3.49. The molecule has 1 saturated heterocycles. The number of carbonyl (C=O) groups excluding carboxylic acids is 1. The Morgan fingerprint density at radius 1 is 0.932 bits per heavy atom. The highest BCUT2D eigenvalue weighted by Gasteiger charge is 2.66. The van der Waals surface area contributed by atoms with Crippen LogP contribution >= 0.6 is 0 Å². The number of likely N-dealkylation sites (tertiary alicyclic amines) is 1. The fraction of sp³-hybridized carbons (Fsp3) is 0.394. The summed E-state index contributed by atoms with van der Waals surface area (Å²) in [4.78, 5) is 23.9. The Bertz CT molecular complexity index is 1590. The highest BCUT2D eigenvalue weighted by molar-refractivity contribution is 5.91. The van der Waals surface area contributed by atoms with Crippen molar-refractivity contribution in [2.24, 2.45) is 0 Å². The van der Waals surface area contributed by atoms with Crippen molar-refractivity contribution in [2.75, 3.05) is 25.0 Å². The lowest BCUT2D eigenvalue weighted by atomic mass is 10.0. The van der Waals surface area contributed by atoms with E-state index in [0.717, 1.165) is 24.6 Å². The summed E-state index contributed by atoms with van der Waals surface area (Å²) in [6.07, 6.45) is 3.89. The van der Waals surface area contributed by atoms with E-state index in [1.807, 2.05) is 0 Å². The van der Waals surface area contributed by atoms with Crippen LogP contribution in [-0.2, 0) is 29.5 Å². The largest absolute Gasteiger partial charge is 0.401 e. The lowest BCUT2D eigenvalue weighted by Crippen LogP contribution is -2.31. The van der Waals surface area contributed by atoms with Gasteiger partial charge in [-0.1, -0.05) is 48.0 Å². The molecule has 3 heterocycles. The maximum Gasteiger partial charge on any atom is 0.401 e. The van der Waals surface area contributed by atoms with Gasteiger partial charge in [-0.3, -0.25) is 4.79 Å². The van der Waals surface area contributed by atoms with Crippen LogP contribution in [-0.4, -0.2) is 51.7 Å². The zero-order chi connectivity index (χ0) is 30.7. The van der Waals surface area contributed by atoms with Gasteiger partial charge in [0.15, 0.2) is 11.6 Å². The number of nitrogens with zero attached hydrogens (tertiary/aromatic N) is 4. The van der Waals surface area contributed by atoms with Crippen molar-refractivity contribution in [1.29, 1.82) is 0 Å². The lowest BCUT2D eigenvalue weighted by molar-refractivity contribution is -0.165. The Labute approximate surface area is 252 Å². The number of piperidine rings is 1. The maximum absolute atomic E-state index is 14.9. The third kappa shape index (κ3) is 6.83. The van der Waals surface area contributed by atoms with Gasteiger partial charge in [-0.15, -0.1) is 0 Å². The van der Waals surface area contributed by atoms with Gasteiger partial charge < -0.3 is 14.7 Å². The molecule has 1 aliphatic heterocycles. The Morgan fingerprint density at radius 2 is 1.64 bits per heavy atom. The molecule has 1 amide bonds. The van der Waals surface area contributed by atoms with Crippen LogP contribution in [0.2, 0.25) is 0 Å². The summed E-state index contributed by atoms with van der Waals surface area (Å²) < 4.78 is 59.7. The molecule has 1 saturated carbocycles. The zero-order valence-corrected chi connectivity index (χ0v) is 24.2. The molecule has 0 unspecified atom stereocenters. The molecular formula is C33H33F4N5O2. The molecule has 230 valence electrons. The monoisotopic (exact) mass is 607 g/mol. The Morgan fingerprint density at radius 3 is 2.30 bits per heavy atom. The van der Waals surface area contributed by atoms with E-state index in [-0.39, 0.29) is 36.4 Å². The molecule has 2 aromatic heterocycles. The second-order valence-corrected chi connectivity index (χ2v) is 11.7. The van der Waals surface area contributed by atoms with E-state index in [1.165, 1.54) is 50.0 Å². The first-order valence-corrected chi connectivity index (χ1v) is 14.9. The van der Waals surface area contributed by atoms with Gasteiger partial charge in [0.25, 0.3) is 0 Å². The minimum absolute atomic E-state index is 0.0860. The number of carbonyl (C=O) groups is 1. The van der Waals surface area contributed by atoms with E-state index in [1.54, 1.807) is 18.5 Å². The summed E-state index contributed by atoms with van der Waals surface area (Å²) >= 11 is 0. The van der Waals surface area contributed by atoms with Gasteiger partial charge in [-0.05, 0) is 73.5 Å². The van der Waals surface area contributed by atoms with Crippen LogP contribution < -0.4 is 5.32 Å². The molecule has 0 bridgehead atoms. The summed E-state index contributed by atoms with van der Waals surface area (Å²) in [7, 11) is 0. The second-order valence-electron chi connectivity index (χ2n) is 11.7. The van der Waals surface area contributed by atoms with Crippen molar-refractivity contribution in [3.63, 3.8) is 0 Å². The number of alkyl halides is 3. The van der Waals surface area contributed by atoms with Gasteiger partial charge >= 0.3 is 6.18 Å². The van der Waals surface area contributed by atoms with Crippen molar-refractivity contribution in [3.8, 4) is 11.1 Å². The van der Waals surface area contributed by atoms with Gasteiger partial charge in [0, 0.05) is 37.0 Å². The summed E-state index contributed by atoms with van der Waals surface area (Å²) in [5, 5.41) is 5.92. The third-order valence-electron chi connectivity index (χ3n) is 8.54. The Hall–Kier alpha value is -4.12. The average Bonchev–Trinajstić information content (AvgIpc) is 3.72. The van der Waals surface area contributed by atoms with Crippen molar-refractivity contribution in [3.05, 3.63) is 95.0 Å². The van der Waals surface area contributed by atoms with Crippen LogP contribution in [0.3, 0.4) is 0 Å². The predicted molar refractivity (Wildman–Crippen MR) is 156 cm³/mol. The molecular weight excluding hydrogens is 574 g/mol. The first kappa shape index (κ1) is 29.9. The average molecular weight is 608 g/mol. The molecule has 2 aliphatic rings. The minimum atomic E-state index is -4.46. The van der Waals surface area contributed by atoms with Gasteiger partial charge in [0.2, 0.25) is 5.91 Å². The van der Waals surface area contributed by atoms with Crippen molar-refractivity contribution in [2.45, 2.75) is 63.0 Å². The number of hydrogen-bond donors (Lipinski definition) is 1. The molecule has 4 aromatic rings. The number of rotatable bonds is 10. The first-order valence-electron chi connectivity index (χ1n) is 14.9. The van der Waals surface area contributed by atoms with Crippen LogP contribution in [0.4, 0.5) is 23.4 Å². The molecule has 0 spiro atoms. The third-order valence-corrected chi connectivity index (χ3v) is 8.54. The highest BCUT2D eigenvalue weighted by atomic mass is 19.4. The molecule has 2 fully saturated rings. The molecule has 0 radical (unpaired) electrons. The maximum atomic E-state index is 14.9. The second kappa shape index (κ2) is 12.5. The first-order chi connectivity index (χ1) is 21.2. The SMILES string of the molecule is O=C(Cc1ccc(-c2cnc(Cc3ccc(CCN4CCCCC4)cc3)nc2)cc1F)Nc1cc(C2(C(F)(F)F)CC2)on1. The van der Waals surface area contributed by atoms with Crippen LogP contribution in [0, 0.1) is 5.82 Å². The number of halogens is 4. The zero-order valence-electron chi connectivity index (χ0n) is 24.2. The van der Waals surface area contributed by atoms with Gasteiger partial charge in [0.1, 0.15) is 17.1 Å². The van der Waals surface area contributed by atoms with E-state index in [2.05, 4.69) is 49.6 Å². The van der Waals surface area contributed by atoms with Crippen LogP contribution in [0.5, 0.6) is 0 Å². The molecule has 44 heavy (non-hydrogen) atoms. The minimum Gasteiger partial charge on any atom is -0.358 e. The van der Waals surface area contributed by atoms with Crippen LogP contribution in [0.25, 0.3) is 11.1 Å². The van der Waals surface area contributed by atoms with Crippen LogP contribution in [0.15, 0.2) is 65.4 Å². The number of anilines is 1. The molecule has 1 aliphatic carbocycles. The van der Waals surface area contributed by atoms with E-state index in [9.17, 15) is 22.4 Å². The standard InChI is InChI=1S/C33H33F4N5O2/c34-27-17-24(8-9-25(27)18-31(43)40-30-19-28(44-41-30)32(11-12-32)33(35,36)37)26-20-38-29(39-21-26)16-23-6-4-22(5-7-23)10-15-42-13-2-1-3-14-42/h4-9,17,19-21H,1-3,10-16,18H2,(H,40,41,43). The fourth-order valence-electron chi connectivity index (χ4n) is 5.66. The number of hydrogen-bond acceptors (Lipinski definition) is 6. The highest BCUT2D eigenvalue weighted by Crippen LogP contribution is 2.59. The van der Waals surface area contributed by atoms with E-state index in [0.29, 0.717) is 23.4 Å². The predicted octanol–water partition coefficient (Wildman–Crippen LogP) is 6.67. The summed E-state index contributed by atoms with van der Waals surface area (Å²) in [5.41, 5.74) is 1.70. The number of aromatic nitrogens is 3.